The van der Waals surface area contributed by atoms with Crippen molar-refractivity contribution in [1.29, 1.82) is 0 Å². The Balaban J connectivity index is 0.000000278. The van der Waals surface area contributed by atoms with E-state index in [4.69, 9.17) is 11.5 Å². The van der Waals surface area contributed by atoms with Gasteiger partial charge in [-0.25, -0.2) is 0 Å². The number of likely N-dealkylation sites (N-methyl/N-ethyl adjacent to an activating group) is 1. The summed E-state index contributed by atoms with van der Waals surface area (Å²) in [7, 11) is 2.17. The summed E-state index contributed by atoms with van der Waals surface area (Å²) in [6.45, 7) is 12.4. The second-order valence-electron chi connectivity index (χ2n) is 8.40. The molecule has 35 heavy (non-hydrogen) atoms. The Morgan fingerprint density at radius 3 is 2.23 bits per heavy atom. The van der Waals surface area contributed by atoms with E-state index in [2.05, 4.69) is 78.2 Å². The van der Waals surface area contributed by atoms with E-state index in [0.29, 0.717) is 18.4 Å². The van der Waals surface area contributed by atoms with Crippen LogP contribution in [-0.4, -0.2) is 36.9 Å². The van der Waals surface area contributed by atoms with E-state index in [1.54, 1.807) is 6.08 Å². The maximum absolute atomic E-state index is 5.59. The number of benzene rings is 2. The van der Waals surface area contributed by atoms with Gasteiger partial charge in [0.2, 0.25) is 0 Å². The van der Waals surface area contributed by atoms with Crippen molar-refractivity contribution in [2.75, 3.05) is 20.1 Å². The van der Waals surface area contributed by atoms with Crippen LogP contribution in [0.25, 0.3) is 0 Å². The zero-order chi connectivity index (χ0) is 24.8. The second kappa shape index (κ2) is 17.1. The summed E-state index contributed by atoms with van der Waals surface area (Å²) < 4.78 is 0. The van der Waals surface area contributed by atoms with Crippen LogP contribution in [0.4, 0.5) is 0 Å². The van der Waals surface area contributed by atoms with Gasteiger partial charge in [-0.3, -0.25) is 9.89 Å². The molecule has 1 saturated heterocycles. The van der Waals surface area contributed by atoms with Crippen LogP contribution in [0, 0.1) is 6.42 Å². The molecule has 5 N–H and O–H groups in total. The standard InChI is InChI=1S/C14H20N2.C8H9.C7H11N3.Na/c1-12(14-9-6-10-16(14)2)15-11-13-7-4-3-5-8-13;1-2-8-6-4-3-5-7-8;1-2-3-5-6(8)4-10-7(5)9;/h3-5,7-8,14-15H,1,6,9-11H2,2H3;2-7H,1H3;2H,1,3-4,8H2,(H2,9,10);/q;-1;;+1. The minimum Gasteiger partial charge on any atom is -0.400 e. The molecule has 4 rings (SSSR count). The Labute approximate surface area is 234 Å². The normalized spacial score (nSPS) is 16.5. The Kier molecular flexibility index (Phi) is 14.9. The zero-order valence-electron chi connectivity index (χ0n) is 21.7. The average Bonchev–Trinajstić information content (AvgIpc) is 3.45. The van der Waals surface area contributed by atoms with Crippen molar-refractivity contribution in [3.05, 3.63) is 114 Å². The first-order valence-corrected chi connectivity index (χ1v) is 11.9. The first-order chi connectivity index (χ1) is 16.5. The zero-order valence-corrected chi connectivity index (χ0v) is 23.7. The van der Waals surface area contributed by atoms with Gasteiger partial charge in [0.05, 0.1) is 6.54 Å². The molecule has 0 amide bonds. The minimum absolute atomic E-state index is 0. The van der Waals surface area contributed by atoms with Gasteiger partial charge >= 0.3 is 29.6 Å². The van der Waals surface area contributed by atoms with Gasteiger partial charge in [0.15, 0.2) is 0 Å². The molecule has 2 aromatic rings. The third-order valence-electron chi connectivity index (χ3n) is 5.88. The predicted octanol–water partition coefficient (Wildman–Crippen LogP) is 1.79. The van der Waals surface area contributed by atoms with E-state index < -0.39 is 0 Å². The fraction of sp³-hybridized carbons (Fsp3) is 0.310. The van der Waals surface area contributed by atoms with E-state index in [1.165, 1.54) is 30.5 Å². The summed E-state index contributed by atoms with van der Waals surface area (Å²) in [4.78, 5) is 6.34. The molecule has 1 fully saturated rings. The number of allylic oxidation sites excluding steroid dienone is 1. The molecule has 2 heterocycles. The SMILES string of the molecule is C=C(NCc1ccccc1)C1CCCN1C.C=CCC1=C(N)CN=C1N.C[CH-]c1ccccc1.[Na+]. The number of rotatable bonds is 7. The summed E-state index contributed by atoms with van der Waals surface area (Å²) in [5.74, 6) is 0.567. The first kappa shape index (κ1) is 30.6. The van der Waals surface area contributed by atoms with Crippen LogP contribution >= 0.6 is 0 Å². The van der Waals surface area contributed by atoms with Gasteiger partial charge < -0.3 is 16.8 Å². The Morgan fingerprint density at radius 1 is 1.14 bits per heavy atom. The Hall–Kier alpha value is -2.44. The van der Waals surface area contributed by atoms with E-state index in [1.807, 2.05) is 31.2 Å². The molecule has 2 aliphatic rings. The fourth-order valence-electron chi connectivity index (χ4n) is 3.83. The van der Waals surface area contributed by atoms with E-state index in [0.717, 1.165) is 29.9 Å². The van der Waals surface area contributed by atoms with Crippen LogP contribution in [0.3, 0.4) is 0 Å². The smallest absolute Gasteiger partial charge is 0.400 e. The monoisotopic (exact) mass is 481 g/mol. The molecule has 2 aromatic carbocycles. The topological polar surface area (TPSA) is 79.7 Å². The van der Waals surface area contributed by atoms with Crippen molar-refractivity contribution >= 4 is 5.84 Å². The summed E-state index contributed by atoms with van der Waals surface area (Å²) in [5.41, 5.74) is 16.6. The van der Waals surface area contributed by atoms with Crippen LogP contribution in [0.5, 0.6) is 0 Å². The number of amidine groups is 1. The van der Waals surface area contributed by atoms with E-state index >= 15 is 0 Å². The second-order valence-corrected chi connectivity index (χ2v) is 8.40. The van der Waals surface area contributed by atoms with Crippen molar-refractivity contribution in [2.45, 2.75) is 38.8 Å². The molecule has 1 unspecified atom stereocenters. The van der Waals surface area contributed by atoms with Crippen LogP contribution < -0.4 is 46.3 Å². The molecule has 0 aromatic heterocycles. The van der Waals surface area contributed by atoms with Gasteiger partial charge in [-0.1, -0.05) is 56.0 Å². The predicted molar refractivity (Wildman–Crippen MR) is 146 cm³/mol. The van der Waals surface area contributed by atoms with Crippen molar-refractivity contribution in [3.63, 3.8) is 0 Å². The van der Waals surface area contributed by atoms with Crippen molar-refractivity contribution in [1.82, 2.24) is 10.2 Å². The Bertz CT molecular complexity index is 954. The Morgan fingerprint density at radius 2 is 1.77 bits per heavy atom. The van der Waals surface area contributed by atoms with Gasteiger partial charge in [-0.05, 0) is 38.4 Å². The number of likely N-dealkylation sites (tertiary alicyclic amines) is 1. The third-order valence-corrected chi connectivity index (χ3v) is 5.88. The van der Waals surface area contributed by atoms with Gasteiger partial charge in [0.1, 0.15) is 5.84 Å². The molecule has 182 valence electrons. The quantitative estimate of drug-likeness (QED) is 0.320. The van der Waals surface area contributed by atoms with Crippen LogP contribution in [0.1, 0.15) is 37.3 Å². The molecule has 1 atom stereocenters. The van der Waals surface area contributed by atoms with E-state index in [-0.39, 0.29) is 29.6 Å². The molecule has 0 saturated carbocycles. The summed E-state index contributed by atoms with van der Waals surface area (Å²) >= 11 is 0. The van der Waals surface area contributed by atoms with Crippen LogP contribution in [0.15, 0.2) is 102 Å². The van der Waals surface area contributed by atoms with Crippen molar-refractivity contribution in [2.24, 2.45) is 16.5 Å². The maximum Gasteiger partial charge on any atom is 1.00 e. The van der Waals surface area contributed by atoms with Gasteiger partial charge in [0, 0.05) is 29.6 Å². The number of hydrogen-bond acceptors (Lipinski definition) is 5. The first-order valence-electron chi connectivity index (χ1n) is 11.9. The molecular formula is C29H40N5Na. The fourth-order valence-corrected chi connectivity index (χ4v) is 3.83. The number of nitrogens with zero attached hydrogens (tertiary/aromatic N) is 2. The van der Waals surface area contributed by atoms with Crippen LogP contribution in [0.2, 0.25) is 0 Å². The average molecular weight is 482 g/mol. The number of nitrogens with one attached hydrogen (secondary N) is 1. The molecule has 0 radical (unpaired) electrons. The molecule has 2 aliphatic heterocycles. The summed E-state index contributed by atoms with van der Waals surface area (Å²) in [6, 6.07) is 21.2. The van der Waals surface area contributed by atoms with Gasteiger partial charge in [-0.2, -0.15) is 24.1 Å². The minimum atomic E-state index is 0. The van der Waals surface area contributed by atoms with Crippen LogP contribution in [-0.2, 0) is 6.54 Å². The van der Waals surface area contributed by atoms with Gasteiger partial charge in [0.25, 0.3) is 0 Å². The van der Waals surface area contributed by atoms with Crippen molar-refractivity contribution in [3.8, 4) is 0 Å². The molecule has 6 heteroatoms. The number of nitrogens with two attached hydrogens (primary N) is 2. The molecule has 0 spiro atoms. The number of hydrogen-bond donors (Lipinski definition) is 3. The molecule has 0 aliphatic carbocycles. The molecule has 5 nitrogen and oxygen atoms in total. The van der Waals surface area contributed by atoms with Gasteiger partial charge in [-0.15, -0.1) is 18.7 Å². The summed E-state index contributed by atoms with van der Waals surface area (Å²) in [6.07, 6.45) is 7.10. The maximum atomic E-state index is 5.59. The third kappa shape index (κ3) is 10.8. The van der Waals surface area contributed by atoms with Crippen molar-refractivity contribution < 1.29 is 29.6 Å². The number of aliphatic imine (C=N–C) groups is 1. The summed E-state index contributed by atoms with van der Waals surface area (Å²) in [5, 5.41) is 3.44. The molecular weight excluding hydrogens is 441 g/mol. The largest absolute Gasteiger partial charge is 1.00 e. The van der Waals surface area contributed by atoms with E-state index in [9.17, 15) is 0 Å². The molecule has 0 bridgehead atoms.